The van der Waals surface area contributed by atoms with Gasteiger partial charge >= 0.3 is 0 Å². The lowest BCUT2D eigenvalue weighted by Gasteiger charge is -2.12. The van der Waals surface area contributed by atoms with Crippen LogP contribution in [0.25, 0.3) is 94.5 Å². The second kappa shape index (κ2) is 11.9. The predicted octanol–water partition coefficient (Wildman–Crippen LogP) is 12.0. The average molecular weight is 665 g/mol. The number of rotatable bonds is 5. The Balaban J connectivity index is 1.19. The molecule has 0 saturated carbocycles. The van der Waals surface area contributed by atoms with Crippen molar-refractivity contribution < 1.29 is 4.42 Å². The molecule has 0 atom stereocenters. The molecule has 242 valence electrons. The van der Waals surface area contributed by atoms with Gasteiger partial charge in [0.15, 0.2) is 5.82 Å². The zero-order valence-electron chi connectivity index (χ0n) is 27.9. The van der Waals surface area contributed by atoms with E-state index in [2.05, 4.69) is 95.6 Å². The van der Waals surface area contributed by atoms with Crippen LogP contribution >= 0.6 is 0 Å². The predicted molar refractivity (Wildman–Crippen MR) is 210 cm³/mol. The molecule has 0 aliphatic carbocycles. The van der Waals surface area contributed by atoms with Gasteiger partial charge in [-0.2, -0.15) is 5.26 Å². The van der Waals surface area contributed by atoms with Crippen molar-refractivity contribution in [2.45, 2.75) is 0 Å². The second-order valence-corrected chi connectivity index (χ2v) is 12.9. The largest absolute Gasteiger partial charge is 0.456 e. The maximum absolute atomic E-state index is 10.4. The van der Waals surface area contributed by atoms with E-state index in [0.717, 1.165) is 55.3 Å². The Morgan fingerprint density at radius 1 is 0.481 bits per heavy atom. The Hall–Kier alpha value is -7.29. The van der Waals surface area contributed by atoms with Gasteiger partial charge in [-0.3, -0.25) is 0 Å². The molecule has 7 aromatic carbocycles. The Labute approximate surface area is 299 Å². The molecule has 5 nitrogen and oxygen atoms in total. The van der Waals surface area contributed by atoms with Gasteiger partial charge in [-0.15, -0.1) is 0 Å². The number of aromatic nitrogens is 3. The van der Waals surface area contributed by atoms with Crippen molar-refractivity contribution >= 4 is 43.7 Å². The van der Waals surface area contributed by atoms with E-state index < -0.39 is 0 Å². The third kappa shape index (κ3) is 4.70. The average Bonchev–Trinajstić information content (AvgIpc) is 3.76. The summed E-state index contributed by atoms with van der Waals surface area (Å²) in [6.45, 7) is 0. The lowest BCUT2D eigenvalue weighted by atomic mass is 9.99. The zero-order chi connectivity index (χ0) is 34.6. The van der Waals surface area contributed by atoms with Crippen molar-refractivity contribution in [3.63, 3.8) is 0 Å². The third-order valence-corrected chi connectivity index (χ3v) is 9.88. The fourth-order valence-electron chi connectivity index (χ4n) is 7.50. The van der Waals surface area contributed by atoms with Crippen LogP contribution in [-0.2, 0) is 0 Å². The molecule has 0 bridgehead atoms. The van der Waals surface area contributed by atoms with Crippen molar-refractivity contribution in [1.82, 2.24) is 14.5 Å². The molecule has 0 N–H and O–H groups in total. The summed E-state index contributed by atoms with van der Waals surface area (Å²) in [5, 5.41) is 14.7. The third-order valence-electron chi connectivity index (χ3n) is 9.88. The van der Waals surface area contributed by atoms with Gasteiger partial charge in [0.05, 0.1) is 22.4 Å². The summed E-state index contributed by atoms with van der Waals surface area (Å²) in [6.07, 6.45) is 0. The quantitative estimate of drug-likeness (QED) is 0.184. The number of fused-ring (bicyclic) bond motifs is 6. The number of furan rings is 1. The standard InChI is InChI=1S/C47H28N4O/c48-29-39-45(31-15-6-2-7-16-31)49-47(50-46(39)32-17-8-3-9-18-32)38-20-12-22-42-44(38)37-26-24-34(28-43(37)52-42)51-40-21-11-10-19-35(40)36-25-23-33(27-41(36)51)30-13-4-1-5-14-30/h1-28H. The van der Waals surface area contributed by atoms with E-state index in [4.69, 9.17) is 14.4 Å². The molecule has 3 heterocycles. The minimum absolute atomic E-state index is 0.441. The van der Waals surface area contributed by atoms with Crippen LogP contribution in [0.1, 0.15) is 5.56 Å². The van der Waals surface area contributed by atoms with Gasteiger partial charge in [0.1, 0.15) is 22.8 Å². The summed E-state index contributed by atoms with van der Waals surface area (Å²) in [5.74, 6) is 0.532. The van der Waals surface area contributed by atoms with E-state index in [9.17, 15) is 5.26 Å². The lowest BCUT2D eigenvalue weighted by molar-refractivity contribution is 0.668. The van der Waals surface area contributed by atoms with Crippen molar-refractivity contribution in [1.29, 1.82) is 5.26 Å². The topological polar surface area (TPSA) is 67.6 Å². The van der Waals surface area contributed by atoms with E-state index in [0.29, 0.717) is 22.8 Å². The van der Waals surface area contributed by atoms with Crippen molar-refractivity contribution in [2.75, 3.05) is 0 Å². The van der Waals surface area contributed by atoms with Crippen LogP contribution in [0, 0.1) is 11.3 Å². The maximum atomic E-state index is 10.4. The van der Waals surface area contributed by atoms with Gasteiger partial charge in [-0.1, -0.05) is 133 Å². The van der Waals surface area contributed by atoms with Crippen LogP contribution in [0.15, 0.2) is 174 Å². The van der Waals surface area contributed by atoms with Crippen LogP contribution in [0.4, 0.5) is 0 Å². The Kier molecular flexibility index (Phi) is 6.80. The first-order chi connectivity index (χ1) is 25.7. The highest BCUT2D eigenvalue weighted by Gasteiger charge is 2.22. The van der Waals surface area contributed by atoms with E-state index in [-0.39, 0.29) is 0 Å². The van der Waals surface area contributed by atoms with Crippen LogP contribution < -0.4 is 0 Å². The monoisotopic (exact) mass is 664 g/mol. The highest BCUT2D eigenvalue weighted by Crippen LogP contribution is 2.40. The maximum Gasteiger partial charge on any atom is 0.161 e. The molecule has 0 spiro atoms. The molecule has 0 aliphatic rings. The number of nitriles is 1. The van der Waals surface area contributed by atoms with E-state index >= 15 is 0 Å². The normalized spacial score (nSPS) is 11.4. The molecule has 0 aliphatic heterocycles. The minimum atomic E-state index is 0.441. The SMILES string of the molecule is N#Cc1c(-c2ccccc2)nc(-c2cccc3oc4cc(-n5c6ccccc6c6ccc(-c7ccccc7)cc65)ccc4c23)nc1-c1ccccc1. The molecule has 10 aromatic rings. The molecule has 0 unspecified atom stereocenters. The van der Waals surface area contributed by atoms with Crippen molar-refractivity contribution in [2.24, 2.45) is 0 Å². The van der Waals surface area contributed by atoms with Gasteiger partial charge in [-0.05, 0) is 41.5 Å². The van der Waals surface area contributed by atoms with E-state index in [1.165, 1.54) is 21.9 Å². The number of nitrogens with zero attached hydrogens (tertiary/aromatic N) is 4. The van der Waals surface area contributed by atoms with Crippen molar-refractivity contribution in [3.8, 4) is 56.8 Å². The highest BCUT2D eigenvalue weighted by molar-refractivity contribution is 6.13. The van der Waals surface area contributed by atoms with Gasteiger partial charge in [0.25, 0.3) is 0 Å². The first-order valence-corrected chi connectivity index (χ1v) is 17.2. The molecule has 0 radical (unpaired) electrons. The van der Waals surface area contributed by atoms with Crippen LogP contribution in [0.3, 0.4) is 0 Å². The molecule has 52 heavy (non-hydrogen) atoms. The Bertz CT molecular complexity index is 2950. The van der Waals surface area contributed by atoms with Gasteiger partial charge < -0.3 is 8.98 Å². The summed E-state index contributed by atoms with van der Waals surface area (Å²) < 4.78 is 8.95. The smallest absolute Gasteiger partial charge is 0.161 e. The minimum Gasteiger partial charge on any atom is -0.456 e. The van der Waals surface area contributed by atoms with E-state index in [1.54, 1.807) is 0 Å². The fourth-order valence-corrected chi connectivity index (χ4v) is 7.50. The number of hydrogen-bond acceptors (Lipinski definition) is 4. The van der Waals surface area contributed by atoms with Gasteiger partial charge in [-0.25, -0.2) is 9.97 Å². The summed E-state index contributed by atoms with van der Waals surface area (Å²) in [6, 6.07) is 60.3. The van der Waals surface area contributed by atoms with Crippen molar-refractivity contribution in [3.05, 3.63) is 175 Å². The van der Waals surface area contributed by atoms with Gasteiger partial charge in [0.2, 0.25) is 0 Å². The van der Waals surface area contributed by atoms with E-state index in [1.807, 2.05) is 84.9 Å². The lowest BCUT2D eigenvalue weighted by Crippen LogP contribution is -2.01. The second-order valence-electron chi connectivity index (χ2n) is 12.9. The Morgan fingerprint density at radius 2 is 1.10 bits per heavy atom. The summed E-state index contributed by atoms with van der Waals surface area (Å²) in [5.41, 5.74) is 11.3. The summed E-state index contributed by atoms with van der Waals surface area (Å²) in [4.78, 5) is 10.2. The molecule has 10 rings (SSSR count). The highest BCUT2D eigenvalue weighted by atomic mass is 16.3. The first kappa shape index (κ1) is 29.6. The molecule has 0 saturated heterocycles. The molecular formula is C47H28N4O. The van der Waals surface area contributed by atoms with Crippen LogP contribution in [-0.4, -0.2) is 14.5 Å². The molecule has 5 heteroatoms. The molecule has 0 fully saturated rings. The number of hydrogen-bond donors (Lipinski definition) is 0. The van der Waals surface area contributed by atoms with Crippen LogP contribution in [0.2, 0.25) is 0 Å². The zero-order valence-corrected chi connectivity index (χ0v) is 27.9. The summed E-state index contributed by atoms with van der Waals surface area (Å²) in [7, 11) is 0. The van der Waals surface area contributed by atoms with Crippen LogP contribution in [0.5, 0.6) is 0 Å². The molecule has 0 amide bonds. The molecule has 3 aromatic heterocycles. The van der Waals surface area contributed by atoms with Gasteiger partial charge in [0, 0.05) is 50.0 Å². The summed E-state index contributed by atoms with van der Waals surface area (Å²) >= 11 is 0. The Morgan fingerprint density at radius 3 is 1.79 bits per heavy atom. The first-order valence-electron chi connectivity index (χ1n) is 17.2. The number of para-hydroxylation sites is 1. The fraction of sp³-hybridized carbons (Fsp3) is 0. The number of benzene rings is 7. The molecular weight excluding hydrogens is 637 g/mol.